The second kappa shape index (κ2) is 10.3. The zero-order valence-corrected chi connectivity index (χ0v) is 19.5. The molecule has 0 radical (unpaired) electrons. The summed E-state index contributed by atoms with van der Waals surface area (Å²) in [6.07, 6.45) is 1.97. The molecule has 0 unspecified atom stereocenters. The summed E-state index contributed by atoms with van der Waals surface area (Å²) in [7, 11) is 0. The van der Waals surface area contributed by atoms with Crippen molar-refractivity contribution in [3.63, 3.8) is 0 Å². The van der Waals surface area contributed by atoms with Crippen LogP contribution in [-0.4, -0.2) is 28.9 Å². The van der Waals surface area contributed by atoms with Gasteiger partial charge < -0.3 is 5.32 Å². The van der Waals surface area contributed by atoms with Crippen molar-refractivity contribution in [3.05, 3.63) is 99.3 Å². The number of hydrogen-bond donors (Lipinski definition) is 1. The number of carbonyl (C=O) groups excluding carboxylic acids is 1. The molecule has 1 aromatic heterocycles. The molecule has 0 saturated carbocycles. The van der Waals surface area contributed by atoms with E-state index in [0.717, 1.165) is 60.0 Å². The highest BCUT2D eigenvalue weighted by molar-refractivity contribution is 6.31. The van der Waals surface area contributed by atoms with E-state index in [1.54, 1.807) is 0 Å². The molecule has 4 nitrogen and oxygen atoms in total. The normalized spacial score (nSPS) is 15.0. The summed E-state index contributed by atoms with van der Waals surface area (Å²) in [5, 5.41) is 3.91. The van der Waals surface area contributed by atoms with Crippen LogP contribution in [0, 0.1) is 13.8 Å². The standard InChI is InChI=1S/C27H30ClN3O/c1-19-6-5-7-21(16-19)17-29-27(32)24-11-10-20(2)30-26(24)22-12-14-31(15-13-22)18-23-8-3-4-9-25(23)28/h3-11,16,22H,12-15,17-18H2,1-2H3,(H,29,32). The average molecular weight is 448 g/mol. The molecule has 2 aromatic carbocycles. The van der Waals surface area contributed by atoms with E-state index in [2.05, 4.69) is 35.3 Å². The number of halogens is 1. The largest absolute Gasteiger partial charge is 0.348 e. The number of nitrogens with one attached hydrogen (secondary N) is 1. The number of piperidine rings is 1. The SMILES string of the molecule is Cc1cccc(CNC(=O)c2ccc(C)nc2C2CCN(Cc3ccccc3Cl)CC2)c1. The van der Waals surface area contributed by atoms with Gasteiger partial charge in [-0.2, -0.15) is 0 Å². The third-order valence-corrected chi connectivity index (χ3v) is 6.54. The van der Waals surface area contributed by atoms with Crippen molar-refractivity contribution >= 4 is 17.5 Å². The summed E-state index contributed by atoms with van der Waals surface area (Å²) in [5.41, 5.74) is 6.05. The number of nitrogens with zero attached hydrogens (tertiary/aromatic N) is 2. The minimum Gasteiger partial charge on any atom is -0.348 e. The summed E-state index contributed by atoms with van der Waals surface area (Å²) >= 11 is 6.34. The number of benzene rings is 2. The van der Waals surface area contributed by atoms with Crippen LogP contribution in [0.1, 0.15) is 57.2 Å². The first-order chi connectivity index (χ1) is 15.5. The van der Waals surface area contributed by atoms with Crippen molar-refractivity contribution in [2.24, 2.45) is 0 Å². The fourth-order valence-electron chi connectivity index (χ4n) is 4.41. The van der Waals surface area contributed by atoms with Crippen molar-refractivity contribution in [1.29, 1.82) is 0 Å². The number of pyridine rings is 1. The summed E-state index contributed by atoms with van der Waals surface area (Å²) < 4.78 is 0. The van der Waals surface area contributed by atoms with Crippen LogP contribution in [0.25, 0.3) is 0 Å². The van der Waals surface area contributed by atoms with Gasteiger partial charge in [-0.1, -0.05) is 59.6 Å². The Morgan fingerprint density at radius 3 is 2.59 bits per heavy atom. The van der Waals surface area contributed by atoms with E-state index in [0.29, 0.717) is 12.1 Å². The van der Waals surface area contributed by atoms with Crippen LogP contribution in [0.3, 0.4) is 0 Å². The molecule has 2 heterocycles. The molecule has 32 heavy (non-hydrogen) atoms. The summed E-state index contributed by atoms with van der Waals surface area (Å²) in [6.45, 7) is 7.36. The molecule has 0 spiro atoms. The molecule has 1 aliphatic heterocycles. The summed E-state index contributed by atoms with van der Waals surface area (Å²) in [4.78, 5) is 20.3. The minimum atomic E-state index is -0.0486. The van der Waals surface area contributed by atoms with Gasteiger partial charge in [0.2, 0.25) is 0 Å². The number of carbonyl (C=O) groups is 1. The van der Waals surface area contributed by atoms with Crippen molar-refractivity contribution in [1.82, 2.24) is 15.2 Å². The zero-order valence-electron chi connectivity index (χ0n) is 18.8. The number of rotatable bonds is 6. The smallest absolute Gasteiger partial charge is 0.253 e. The highest BCUT2D eigenvalue weighted by atomic mass is 35.5. The van der Waals surface area contributed by atoms with E-state index >= 15 is 0 Å². The molecule has 1 aliphatic rings. The van der Waals surface area contributed by atoms with Gasteiger partial charge in [0, 0.05) is 29.7 Å². The van der Waals surface area contributed by atoms with Gasteiger partial charge >= 0.3 is 0 Å². The molecular weight excluding hydrogens is 418 g/mol. The molecule has 1 N–H and O–H groups in total. The van der Waals surface area contributed by atoms with E-state index in [1.807, 2.05) is 49.4 Å². The van der Waals surface area contributed by atoms with E-state index in [9.17, 15) is 4.79 Å². The molecule has 1 amide bonds. The number of hydrogen-bond acceptors (Lipinski definition) is 3. The second-order valence-corrected chi connectivity index (χ2v) is 9.11. The van der Waals surface area contributed by atoms with Crippen molar-refractivity contribution < 1.29 is 4.79 Å². The zero-order chi connectivity index (χ0) is 22.5. The van der Waals surface area contributed by atoms with Gasteiger partial charge in [0.05, 0.1) is 11.3 Å². The van der Waals surface area contributed by atoms with Crippen molar-refractivity contribution in [2.45, 2.75) is 45.7 Å². The Kier molecular flexibility index (Phi) is 7.23. The lowest BCUT2D eigenvalue weighted by molar-refractivity contribution is 0.0948. The molecule has 5 heteroatoms. The van der Waals surface area contributed by atoms with Crippen molar-refractivity contribution in [3.8, 4) is 0 Å². The monoisotopic (exact) mass is 447 g/mol. The lowest BCUT2D eigenvalue weighted by atomic mass is 9.89. The van der Waals surface area contributed by atoms with Gasteiger partial charge in [0.15, 0.2) is 0 Å². The van der Waals surface area contributed by atoms with Gasteiger partial charge in [-0.3, -0.25) is 14.7 Å². The molecule has 1 fully saturated rings. The third kappa shape index (κ3) is 5.56. The van der Waals surface area contributed by atoms with Crippen molar-refractivity contribution in [2.75, 3.05) is 13.1 Å². The molecule has 166 valence electrons. The lowest BCUT2D eigenvalue weighted by Gasteiger charge is -2.32. The maximum Gasteiger partial charge on any atom is 0.253 e. The Morgan fingerprint density at radius 1 is 1.06 bits per heavy atom. The Morgan fingerprint density at radius 2 is 1.84 bits per heavy atom. The number of amides is 1. The Hall–Kier alpha value is -2.69. The number of aryl methyl sites for hydroxylation is 2. The molecule has 3 aromatic rings. The molecule has 1 saturated heterocycles. The van der Waals surface area contributed by atoms with Gasteiger partial charge in [0.1, 0.15) is 0 Å². The van der Waals surface area contributed by atoms with Crippen LogP contribution < -0.4 is 5.32 Å². The fourth-order valence-corrected chi connectivity index (χ4v) is 4.61. The minimum absolute atomic E-state index is 0.0486. The van der Waals surface area contributed by atoms with E-state index < -0.39 is 0 Å². The van der Waals surface area contributed by atoms with E-state index in [-0.39, 0.29) is 11.8 Å². The van der Waals surface area contributed by atoms with Crippen LogP contribution in [0.5, 0.6) is 0 Å². The van der Waals surface area contributed by atoms with Gasteiger partial charge in [-0.25, -0.2) is 0 Å². The summed E-state index contributed by atoms with van der Waals surface area (Å²) in [6, 6.07) is 20.1. The van der Waals surface area contributed by atoms with Gasteiger partial charge in [-0.05, 0) is 69.1 Å². The molecule has 0 atom stereocenters. The van der Waals surface area contributed by atoms with Crippen LogP contribution >= 0.6 is 11.6 Å². The fraction of sp³-hybridized carbons (Fsp3) is 0.333. The average Bonchev–Trinajstić information content (AvgIpc) is 2.79. The van der Waals surface area contributed by atoms with Gasteiger partial charge in [0.25, 0.3) is 5.91 Å². The molecule has 4 rings (SSSR count). The third-order valence-electron chi connectivity index (χ3n) is 6.17. The maximum atomic E-state index is 13.0. The lowest BCUT2D eigenvalue weighted by Crippen LogP contribution is -2.34. The topological polar surface area (TPSA) is 45.2 Å². The number of aromatic nitrogens is 1. The summed E-state index contributed by atoms with van der Waals surface area (Å²) in [5.74, 6) is 0.240. The quantitative estimate of drug-likeness (QED) is 0.530. The Bertz CT molecular complexity index is 1090. The molecular formula is C27H30ClN3O. The first-order valence-corrected chi connectivity index (χ1v) is 11.6. The molecule has 0 bridgehead atoms. The van der Waals surface area contributed by atoms with E-state index in [4.69, 9.17) is 16.6 Å². The Balaban J connectivity index is 1.42. The van der Waals surface area contributed by atoms with Crippen LogP contribution in [0.4, 0.5) is 0 Å². The van der Waals surface area contributed by atoms with Gasteiger partial charge in [-0.15, -0.1) is 0 Å². The predicted octanol–water partition coefficient (Wildman–Crippen LogP) is 5.66. The second-order valence-electron chi connectivity index (χ2n) is 8.70. The maximum absolute atomic E-state index is 13.0. The predicted molar refractivity (Wildman–Crippen MR) is 130 cm³/mol. The highest BCUT2D eigenvalue weighted by Crippen LogP contribution is 2.30. The molecule has 0 aliphatic carbocycles. The Labute approximate surface area is 195 Å². The first kappa shape index (κ1) is 22.5. The highest BCUT2D eigenvalue weighted by Gasteiger charge is 2.26. The van der Waals surface area contributed by atoms with Crippen LogP contribution in [0.2, 0.25) is 5.02 Å². The van der Waals surface area contributed by atoms with Crippen LogP contribution in [0.15, 0.2) is 60.7 Å². The van der Waals surface area contributed by atoms with E-state index in [1.165, 1.54) is 5.56 Å². The first-order valence-electron chi connectivity index (χ1n) is 11.3. The van der Waals surface area contributed by atoms with Crippen LogP contribution in [-0.2, 0) is 13.1 Å². The number of likely N-dealkylation sites (tertiary alicyclic amines) is 1.